The molecule has 0 aliphatic carbocycles. The summed E-state index contributed by atoms with van der Waals surface area (Å²) in [6, 6.07) is 3.89. The van der Waals surface area contributed by atoms with E-state index in [-0.39, 0.29) is 23.0 Å². The van der Waals surface area contributed by atoms with E-state index in [1.54, 1.807) is 6.92 Å². The van der Waals surface area contributed by atoms with Gasteiger partial charge in [-0.05, 0) is 26.0 Å². The van der Waals surface area contributed by atoms with Crippen LogP contribution in [0.25, 0.3) is 0 Å². The number of rotatable bonds is 4. The number of hydrogen-bond donors (Lipinski definition) is 1. The lowest BCUT2D eigenvalue weighted by molar-refractivity contribution is -0.126. The average Bonchev–Trinajstić information content (AvgIpc) is 2.27. The van der Waals surface area contributed by atoms with Crippen LogP contribution >= 0.6 is 0 Å². The van der Waals surface area contributed by atoms with Crippen molar-refractivity contribution in [2.24, 2.45) is 0 Å². The maximum absolute atomic E-state index is 13.4. The third-order valence-electron chi connectivity index (χ3n) is 2.25. The Morgan fingerprint density at radius 3 is 2.53 bits per heavy atom. The van der Waals surface area contributed by atoms with Gasteiger partial charge in [-0.3, -0.25) is 9.59 Å². The zero-order valence-corrected chi connectivity index (χ0v) is 9.91. The molecule has 5 heteroatoms. The Kier molecular flexibility index (Phi) is 4.20. The lowest BCUT2D eigenvalue weighted by Crippen LogP contribution is -2.33. The molecule has 1 aromatic rings. The zero-order valence-electron chi connectivity index (χ0n) is 9.91. The quantitative estimate of drug-likeness (QED) is 0.811. The second kappa shape index (κ2) is 5.43. The number of halogens is 1. The smallest absolute Gasteiger partial charge is 0.260 e. The minimum atomic E-state index is -0.720. The summed E-state index contributed by atoms with van der Waals surface area (Å²) in [7, 11) is 1.49. The van der Waals surface area contributed by atoms with E-state index in [2.05, 4.69) is 5.32 Å². The molecule has 1 rings (SSSR count). The largest absolute Gasteiger partial charge is 0.481 e. The maximum Gasteiger partial charge on any atom is 0.260 e. The van der Waals surface area contributed by atoms with Crippen molar-refractivity contribution in [2.75, 3.05) is 7.05 Å². The number of ether oxygens (including phenoxy) is 1. The normalized spacial score (nSPS) is 11.8. The lowest BCUT2D eigenvalue weighted by Gasteiger charge is -2.13. The summed E-state index contributed by atoms with van der Waals surface area (Å²) >= 11 is 0. The highest BCUT2D eigenvalue weighted by Gasteiger charge is 2.14. The molecule has 0 spiro atoms. The SMILES string of the molecule is CNC(=O)C(C)Oc1ccc(C(C)=O)c(F)c1. The standard InChI is InChI=1S/C12H14FNO3/c1-7(15)10-5-4-9(6-11(10)13)17-8(2)12(16)14-3/h4-6,8H,1-3H3,(H,14,16). The monoisotopic (exact) mass is 239 g/mol. The molecule has 1 atom stereocenters. The molecule has 4 nitrogen and oxygen atoms in total. The molecule has 0 aliphatic heterocycles. The molecule has 92 valence electrons. The third-order valence-corrected chi connectivity index (χ3v) is 2.25. The summed E-state index contributed by atoms with van der Waals surface area (Å²) in [6.07, 6.45) is -0.720. The van der Waals surface area contributed by atoms with E-state index < -0.39 is 11.9 Å². The van der Waals surface area contributed by atoms with Crippen LogP contribution in [0.15, 0.2) is 18.2 Å². The van der Waals surface area contributed by atoms with Gasteiger partial charge in [-0.2, -0.15) is 0 Å². The molecule has 0 fully saturated rings. The van der Waals surface area contributed by atoms with E-state index in [0.29, 0.717) is 0 Å². The van der Waals surface area contributed by atoms with Gasteiger partial charge in [0.25, 0.3) is 5.91 Å². The van der Waals surface area contributed by atoms with Crippen LogP contribution in [0.1, 0.15) is 24.2 Å². The molecule has 1 N–H and O–H groups in total. The minimum Gasteiger partial charge on any atom is -0.481 e. The predicted molar refractivity (Wildman–Crippen MR) is 60.6 cm³/mol. The number of nitrogens with one attached hydrogen (secondary N) is 1. The summed E-state index contributed by atoms with van der Waals surface area (Å²) < 4.78 is 18.7. The molecule has 1 amide bonds. The van der Waals surface area contributed by atoms with Crippen molar-refractivity contribution in [1.82, 2.24) is 5.32 Å². The number of amides is 1. The van der Waals surface area contributed by atoms with Gasteiger partial charge >= 0.3 is 0 Å². The van der Waals surface area contributed by atoms with Crippen LogP contribution in [-0.2, 0) is 4.79 Å². The second-order valence-electron chi connectivity index (χ2n) is 3.57. The van der Waals surface area contributed by atoms with Gasteiger partial charge in [0.2, 0.25) is 0 Å². The van der Waals surface area contributed by atoms with E-state index in [1.165, 1.54) is 26.1 Å². The highest BCUT2D eigenvalue weighted by atomic mass is 19.1. The molecular weight excluding hydrogens is 225 g/mol. The van der Waals surface area contributed by atoms with Gasteiger partial charge in [0.15, 0.2) is 11.9 Å². The maximum atomic E-state index is 13.4. The van der Waals surface area contributed by atoms with Crippen LogP contribution in [0.2, 0.25) is 0 Å². The lowest BCUT2D eigenvalue weighted by atomic mass is 10.1. The van der Waals surface area contributed by atoms with Crippen LogP contribution in [0.5, 0.6) is 5.75 Å². The van der Waals surface area contributed by atoms with Crippen LogP contribution in [0, 0.1) is 5.82 Å². The van der Waals surface area contributed by atoms with E-state index in [9.17, 15) is 14.0 Å². The van der Waals surface area contributed by atoms with Crippen molar-refractivity contribution in [3.8, 4) is 5.75 Å². The molecule has 17 heavy (non-hydrogen) atoms. The molecule has 0 saturated carbocycles. The Morgan fingerprint density at radius 2 is 2.06 bits per heavy atom. The first kappa shape index (κ1) is 13.2. The fourth-order valence-corrected chi connectivity index (χ4v) is 1.32. The van der Waals surface area contributed by atoms with Crippen molar-refractivity contribution in [3.63, 3.8) is 0 Å². The fraction of sp³-hybridized carbons (Fsp3) is 0.333. The van der Waals surface area contributed by atoms with Crippen molar-refractivity contribution < 1.29 is 18.7 Å². The Balaban J connectivity index is 2.84. The van der Waals surface area contributed by atoms with Crippen molar-refractivity contribution in [2.45, 2.75) is 20.0 Å². The number of hydrogen-bond acceptors (Lipinski definition) is 3. The summed E-state index contributed by atoms with van der Waals surface area (Å²) in [5.41, 5.74) is 0.00458. The Hall–Kier alpha value is -1.91. The van der Waals surface area contributed by atoms with Crippen LogP contribution in [-0.4, -0.2) is 24.8 Å². The molecule has 1 aromatic carbocycles. The van der Waals surface area contributed by atoms with Gasteiger partial charge in [-0.1, -0.05) is 0 Å². The van der Waals surface area contributed by atoms with Crippen LogP contribution in [0.4, 0.5) is 4.39 Å². The molecule has 0 aromatic heterocycles. The van der Waals surface area contributed by atoms with E-state index in [1.807, 2.05) is 0 Å². The van der Waals surface area contributed by atoms with Gasteiger partial charge in [-0.25, -0.2) is 4.39 Å². The van der Waals surface area contributed by atoms with E-state index >= 15 is 0 Å². The third kappa shape index (κ3) is 3.27. The number of benzene rings is 1. The first-order valence-electron chi connectivity index (χ1n) is 5.14. The topological polar surface area (TPSA) is 55.4 Å². The highest BCUT2D eigenvalue weighted by molar-refractivity contribution is 5.94. The summed E-state index contributed by atoms with van der Waals surface area (Å²) in [4.78, 5) is 22.2. The van der Waals surface area contributed by atoms with Crippen molar-refractivity contribution in [1.29, 1.82) is 0 Å². The first-order valence-corrected chi connectivity index (χ1v) is 5.14. The molecule has 0 radical (unpaired) electrons. The first-order chi connectivity index (χ1) is 7.95. The molecule has 0 heterocycles. The average molecular weight is 239 g/mol. The molecular formula is C12H14FNO3. The van der Waals surface area contributed by atoms with Crippen molar-refractivity contribution in [3.05, 3.63) is 29.6 Å². The Bertz CT molecular complexity index is 445. The molecule has 0 bridgehead atoms. The van der Waals surface area contributed by atoms with Gasteiger partial charge in [0.05, 0.1) is 5.56 Å². The molecule has 0 aliphatic rings. The number of Topliss-reactive ketones (excluding diaryl/α,β-unsaturated/α-hetero) is 1. The number of likely N-dealkylation sites (N-methyl/N-ethyl adjacent to an activating group) is 1. The summed E-state index contributed by atoms with van der Waals surface area (Å²) in [5.74, 6) is -1.10. The number of carbonyl (C=O) groups is 2. The minimum absolute atomic E-state index is 0.00458. The zero-order chi connectivity index (χ0) is 13.0. The summed E-state index contributed by atoms with van der Waals surface area (Å²) in [6.45, 7) is 2.84. The van der Waals surface area contributed by atoms with E-state index in [4.69, 9.17) is 4.74 Å². The fourth-order valence-electron chi connectivity index (χ4n) is 1.32. The van der Waals surface area contributed by atoms with Gasteiger partial charge in [0.1, 0.15) is 11.6 Å². The number of ketones is 1. The summed E-state index contributed by atoms with van der Waals surface area (Å²) in [5, 5.41) is 2.42. The van der Waals surface area contributed by atoms with Crippen LogP contribution in [0.3, 0.4) is 0 Å². The van der Waals surface area contributed by atoms with Crippen LogP contribution < -0.4 is 10.1 Å². The number of carbonyl (C=O) groups excluding carboxylic acids is 2. The highest BCUT2D eigenvalue weighted by Crippen LogP contribution is 2.18. The molecule has 1 unspecified atom stereocenters. The van der Waals surface area contributed by atoms with E-state index in [0.717, 1.165) is 6.07 Å². The van der Waals surface area contributed by atoms with Gasteiger partial charge in [-0.15, -0.1) is 0 Å². The predicted octanol–water partition coefficient (Wildman–Crippen LogP) is 1.54. The van der Waals surface area contributed by atoms with Gasteiger partial charge < -0.3 is 10.1 Å². The second-order valence-corrected chi connectivity index (χ2v) is 3.57. The Labute approximate surface area is 98.8 Å². The Morgan fingerprint density at radius 1 is 1.41 bits per heavy atom. The molecule has 0 saturated heterocycles. The van der Waals surface area contributed by atoms with Crippen molar-refractivity contribution >= 4 is 11.7 Å². The van der Waals surface area contributed by atoms with Gasteiger partial charge in [0, 0.05) is 13.1 Å².